The Morgan fingerprint density at radius 1 is 1.30 bits per heavy atom. The fourth-order valence-corrected chi connectivity index (χ4v) is 1.45. The standard InChI is InChI=1S/C7H18N2S/c1-6-9(7(2)3)10-8(4)5/h7H,6H2,1-5H3. The molecule has 0 unspecified atom stereocenters. The summed E-state index contributed by atoms with van der Waals surface area (Å²) in [6.45, 7) is 7.69. The Bertz CT molecular complexity index is 83.7. The van der Waals surface area contributed by atoms with Crippen molar-refractivity contribution in [3.05, 3.63) is 0 Å². The number of hydrogen-bond donors (Lipinski definition) is 0. The van der Waals surface area contributed by atoms with Crippen molar-refractivity contribution in [2.75, 3.05) is 20.6 Å². The maximum absolute atomic E-state index is 2.33. The fraction of sp³-hybridized carbons (Fsp3) is 1.00. The predicted molar refractivity (Wildman–Crippen MR) is 48.8 cm³/mol. The van der Waals surface area contributed by atoms with Crippen molar-refractivity contribution in [2.45, 2.75) is 26.8 Å². The van der Waals surface area contributed by atoms with Gasteiger partial charge in [0.05, 0.1) is 0 Å². The molecule has 0 saturated carbocycles. The minimum Gasteiger partial charge on any atom is -0.243 e. The van der Waals surface area contributed by atoms with Gasteiger partial charge in [0.15, 0.2) is 0 Å². The SMILES string of the molecule is CCN(SN(C)C)C(C)C. The van der Waals surface area contributed by atoms with Gasteiger partial charge in [-0.2, -0.15) is 0 Å². The van der Waals surface area contributed by atoms with Crippen LogP contribution in [0.25, 0.3) is 0 Å². The second kappa shape index (κ2) is 4.99. The second-order valence-corrected chi connectivity index (χ2v) is 4.08. The maximum atomic E-state index is 2.33. The van der Waals surface area contributed by atoms with Crippen LogP contribution in [0, 0.1) is 0 Å². The molecule has 62 valence electrons. The lowest BCUT2D eigenvalue weighted by Gasteiger charge is -2.25. The molecule has 0 aromatic heterocycles. The number of nitrogens with zero attached hydrogens (tertiary/aromatic N) is 2. The van der Waals surface area contributed by atoms with Crippen LogP contribution in [0.2, 0.25) is 0 Å². The largest absolute Gasteiger partial charge is 0.243 e. The molecular formula is C7H18N2S. The monoisotopic (exact) mass is 162 g/mol. The summed E-state index contributed by atoms with van der Waals surface area (Å²) in [5, 5.41) is 0. The predicted octanol–water partition coefficient (Wildman–Crippen LogP) is 1.84. The molecule has 0 amide bonds. The van der Waals surface area contributed by atoms with Crippen molar-refractivity contribution in [1.29, 1.82) is 0 Å². The van der Waals surface area contributed by atoms with E-state index in [2.05, 4.69) is 43.5 Å². The van der Waals surface area contributed by atoms with Gasteiger partial charge in [-0.05, 0) is 27.9 Å². The summed E-state index contributed by atoms with van der Waals surface area (Å²) < 4.78 is 4.45. The molecule has 0 atom stereocenters. The van der Waals surface area contributed by atoms with Crippen LogP contribution in [-0.2, 0) is 0 Å². The third-order valence-electron chi connectivity index (χ3n) is 1.16. The fourth-order valence-electron chi connectivity index (χ4n) is 0.727. The van der Waals surface area contributed by atoms with E-state index in [1.807, 2.05) is 0 Å². The van der Waals surface area contributed by atoms with E-state index >= 15 is 0 Å². The lowest BCUT2D eigenvalue weighted by Crippen LogP contribution is -2.27. The molecule has 3 heteroatoms. The minimum absolute atomic E-state index is 0.623. The van der Waals surface area contributed by atoms with E-state index < -0.39 is 0 Å². The van der Waals surface area contributed by atoms with Gasteiger partial charge in [0.2, 0.25) is 0 Å². The smallest absolute Gasteiger partial charge is 0.0157 e. The van der Waals surface area contributed by atoms with Gasteiger partial charge in [0, 0.05) is 24.7 Å². The van der Waals surface area contributed by atoms with E-state index in [1.54, 1.807) is 12.1 Å². The molecule has 0 spiro atoms. The van der Waals surface area contributed by atoms with Crippen molar-refractivity contribution in [3.63, 3.8) is 0 Å². The van der Waals surface area contributed by atoms with Crippen LogP contribution in [0.1, 0.15) is 20.8 Å². The summed E-state index contributed by atoms with van der Waals surface area (Å²) in [5.41, 5.74) is 0. The van der Waals surface area contributed by atoms with Crippen molar-refractivity contribution in [2.24, 2.45) is 0 Å². The van der Waals surface area contributed by atoms with Crippen molar-refractivity contribution in [3.8, 4) is 0 Å². The normalized spacial score (nSPS) is 12.0. The average Bonchev–Trinajstić information content (AvgIpc) is 1.81. The van der Waals surface area contributed by atoms with Crippen LogP contribution in [0.3, 0.4) is 0 Å². The van der Waals surface area contributed by atoms with Crippen LogP contribution >= 0.6 is 12.1 Å². The van der Waals surface area contributed by atoms with E-state index in [-0.39, 0.29) is 0 Å². The Hall–Kier alpha value is 0.270. The van der Waals surface area contributed by atoms with Gasteiger partial charge in [0.1, 0.15) is 0 Å². The summed E-state index contributed by atoms with van der Waals surface area (Å²) in [6, 6.07) is 0.623. The summed E-state index contributed by atoms with van der Waals surface area (Å²) in [5.74, 6) is 0. The summed E-state index contributed by atoms with van der Waals surface area (Å²) in [4.78, 5) is 0. The van der Waals surface area contributed by atoms with Crippen LogP contribution in [-0.4, -0.2) is 35.3 Å². The van der Waals surface area contributed by atoms with Gasteiger partial charge in [0.25, 0.3) is 0 Å². The highest BCUT2D eigenvalue weighted by molar-refractivity contribution is 7.94. The first-order valence-electron chi connectivity index (χ1n) is 3.70. The lowest BCUT2D eigenvalue weighted by molar-refractivity contribution is 0.401. The quantitative estimate of drug-likeness (QED) is 0.582. The van der Waals surface area contributed by atoms with Crippen LogP contribution < -0.4 is 0 Å². The van der Waals surface area contributed by atoms with Gasteiger partial charge in [-0.1, -0.05) is 6.92 Å². The topological polar surface area (TPSA) is 6.48 Å². The number of hydrogen-bond acceptors (Lipinski definition) is 3. The molecular weight excluding hydrogens is 144 g/mol. The minimum atomic E-state index is 0.623. The van der Waals surface area contributed by atoms with E-state index in [4.69, 9.17) is 0 Å². The third-order valence-corrected chi connectivity index (χ3v) is 2.37. The van der Waals surface area contributed by atoms with Crippen LogP contribution in [0.15, 0.2) is 0 Å². The lowest BCUT2D eigenvalue weighted by atomic mass is 10.4. The molecule has 2 nitrogen and oxygen atoms in total. The molecule has 0 rings (SSSR count). The van der Waals surface area contributed by atoms with Crippen molar-refractivity contribution in [1.82, 2.24) is 8.61 Å². The molecule has 0 aliphatic heterocycles. The molecule has 0 bridgehead atoms. The van der Waals surface area contributed by atoms with Gasteiger partial charge in [-0.15, -0.1) is 0 Å². The van der Waals surface area contributed by atoms with E-state index in [9.17, 15) is 0 Å². The first-order valence-corrected chi connectivity index (χ1v) is 4.43. The van der Waals surface area contributed by atoms with Gasteiger partial charge in [-0.3, -0.25) is 0 Å². The highest BCUT2D eigenvalue weighted by atomic mass is 32.2. The van der Waals surface area contributed by atoms with Crippen LogP contribution in [0.4, 0.5) is 0 Å². The van der Waals surface area contributed by atoms with E-state index in [1.165, 1.54) is 0 Å². The zero-order chi connectivity index (χ0) is 8.15. The first-order chi connectivity index (χ1) is 4.57. The highest BCUT2D eigenvalue weighted by Crippen LogP contribution is 2.14. The molecule has 0 fully saturated rings. The molecule has 0 N–H and O–H groups in total. The van der Waals surface area contributed by atoms with E-state index in [0.29, 0.717) is 6.04 Å². The Morgan fingerprint density at radius 3 is 1.90 bits per heavy atom. The molecule has 0 heterocycles. The van der Waals surface area contributed by atoms with Gasteiger partial charge >= 0.3 is 0 Å². The zero-order valence-corrected chi connectivity index (χ0v) is 8.40. The summed E-state index contributed by atoms with van der Waals surface area (Å²) >= 11 is 1.77. The van der Waals surface area contributed by atoms with Crippen molar-refractivity contribution < 1.29 is 0 Å². The molecule has 0 aliphatic carbocycles. The van der Waals surface area contributed by atoms with Crippen LogP contribution in [0.5, 0.6) is 0 Å². The van der Waals surface area contributed by atoms with Gasteiger partial charge in [-0.25, -0.2) is 8.61 Å². The second-order valence-electron chi connectivity index (χ2n) is 2.72. The molecule has 10 heavy (non-hydrogen) atoms. The number of rotatable bonds is 4. The maximum Gasteiger partial charge on any atom is 0.0157 e. The summed E-state index contributed by atoms with van der Waals surface area (Å²) in [7, 11) is 4.13. The van der Waals surface area contributed by atoms with Gasteiger partial charge < -0.3 is 0 Å². The Morgan fingerprint density at radius 2 is 1.80 bits per heavy atom. The molecule has 0 saturated heterocycles. The molecule has 0 aromatic carbocycles. The third kappa shape index (κ3) is 4.14. The Labute approximate surface area is 68.8 Å². The highest BCUT2D eigenvalue weighted by Gasteiger charge is 2.07. The van der Waals surface area contributed by atoms with Crippen molar-refractivity contribution >= 4 is 12.1 Å². The zero-order valence-electron chi connectivity index (χ0n) is 7.59. The average molecular weight is 162 g/mol. The molecule has 0 aliphatic rings. The first kappa shape index (κ1) is 10.3. The Balaban J connectivity index is 3.60. The Kier molecular flexibility index (Phi) is 5.13. The molecule has 0 aromatic rings. The summed E-state index contributed by atoms with van der Waals surface area (Å²) in [6.07, 6.45) is 0. The van der Waals surface area contributed by atoms with E-state index in [0.717, 1.165) is 6.54 Å². The molecule has 0 radical (unpaired) electrons.